The molecule has 0 saturated heterocycles. The van der Waals surface area contributed by atoms with Gasteiger partial charge in [-0.25, -0.2) is 4.98 Å². The predicted molar refractivity (Wildman–Crippen MR) is 53.4 cm³/mol. The summed E-state index contributed by atoms with van der Waals surface area (Å²) in [6.45, 7) is 0.188. The lowest BCUT2D eigenvalue weighted by molar-refractivity contribution is 0.0872. The molecule has 2 aromatic rings. The maximum atomic E-state index is 11.5. The number of carbonyl (C=O) groups excluding carboxylic acids is 1. The highest BCUT2D eigenvalue weighted by molar-refractivity contribution is 5.96. The number of ether oxygens (including phenoxy) is 1. The van der Waals surface area contributed by atoms with Gasteiger partial charge >= 0.3 is 0 Å². The smallest absolute Gasteiger partial charge is 0.253 e. The van der Waals surface area contributed by atoms with Crippen molar-refractivity contribution >= 4 is 17.0 Å². The van der Waals surface area contributed by atoms with E-state index < -0.39 is 0 Å². The van der Waals surface area contributed by atoms with Crippen LogP contribution in [0.15, 0.2) is 29.0 Å². The monoisotopic (exact) mass is 206 g/mol. The van der Waals surface area contributed by atoms with Crippen molar-refractivity contribution in [3.05, 3.63) is 30.2 Å². The van der Waals surface area contributed by atoms with E-state index in [-0.39, 0.29) is 12.6 Å². The molecule has 1 aromatic heterocycles. The minimum Gasteiger partial charge on any atom is -0.443 e. The first-order valence-electron chi connectivity index (χ1n) is 4.41. The van der Waals surface area contributed by atoms with E-state index in [2.05, 4.69) is 10.3 Å². The van der Waals surface area contributed by atoms with E-state index >= 15 is 0 Å². The molecule has 0 bridgehead atoms. The SMILES string of the molecule is COCNC(=O)c1ccc2ncoc2c1. The van der Waals surface area contributed by atoms with Crippen molar-refractivity contribution in [1.29, 1.82) is 0 Å². The molecule has 5 heteroatoms. The van der Waals surface area contributed by atoms with Crippen LogP contribution in [0.25, 0.3) is 11.1 Å². The summed E-state index contributed by atoms with van der Waals surface area (Å²) in [6.07, 6.45) is 1.35. The Kier molecular flexibility index (Phi) is 2.64. The van der Waals surface area contributed by atoms with Crippen molar-refractivity contribution in [2.45, 2.75) is 0 Å². The van der Waals surface area contributed by atoms with Crippen LogP contribution in [0, 0.1) is 0 Å². The molecule has 5 nitrogen and oxygen atoms in total. The number of aromatic nitrogens is 1. The Labute approximate surface area is 86.0 Å². The van der Waals surface area contributed by atoms with E-state index in [0.29, 0.717) is 11.1 Å². The zero-order chi connectivity index (χ0) is 10.7. The van der Waals surface area contributed by atoms with Gasteiger partial charge in [0.1, 0.15) is 12.2 Å². The average Bonchev–Trinajstić information content (AvgIpc) is 2.72. The number of carbonyl (C=O) groups is 1. The van der Waals surface area contributed by atoms with E-state index in [9.17, 15) is 4.79 Å². The number of nitrogens with one attached hydrogen (secondary N) is 1. The summed E-state index contributed by atoms with van der Waals surface area (Å²) in [5, 5.41) is 2.58. The van der Waals surface area contributed by atoms with E-state index in [0.717, 1.165) is 5.52 Å². The Balaban J connectivity index is 2.23. The van der Waals surface area contributed by atoms with Gasteiger partial charge in [-0.1, -0.05) is 0 Å². The molecule has 0 unspecified atom stereocenters. The number of benzene rings is 1. The number of hydrogen-bond acceptors (Lipinski definition) is 4. The third-order valence-electron chi connectivity index (χ3n) is 1.97. The van der Waals surface area contributed by atoms with Crippen LogP contribution in [0.4, 0.5) is 0 Å². The molecule has 0 aliphatic rings. The number of methoxy groups -OCH3 is 1. The topological polar surface area (TPSA) is 64.4 Å². The molecule has 78 valence electrons. The minimum atomic E-state index is -0.199. The van der Waals surface area contributed by atoms with Gasteiger partial charge < -0.3 is 14.5 Å². The Morgan fingerprint density at radius 3 is 3.27 bits per heavy atom. The fraction of sp³-hybridized carbons (Fsp3) is 0.200. The van der Waals surface area contributed by atoms with Crippen LogP contribution >= 0.6 is 0 Å². The van der Waals surface area contributed by atoms with E-state index in [1.165, 1.54) is 13.5 Å². The summed E-state index contributed by atoms with van der Waals surface area (Å²) < 4.78 is 9.83. The zero-order valence-electron chi connectivity index (χ0n) is 8.19. The van der Waals surface area contributed by atoms with Gasteiger partial charge in [-0.05, 0) is 18.2 Å². The average molecular weight is 206 g/mol. The molecule has 0 aliphatic carbocycles. The quantitative estimate of drug-likeness (QED) is 0.765. The van der Waals surface area contributed by atoms with Crippen LogP contribution in [0.2, 0.25) is 0 Å². The molecule has 0 atom stereocenters. The normalized spacial score (nSPS) is 10.5. The van der Waals surface area contributed by atoms with Crippen molar-refractivity contribution in [3.63, 3.8) is 0 Å². The van der Waals surface area contributed by atoms with Gasteiger partial charge in [-0.3, -0.25) is 4.79 Å². The van der Waals surface area contributed by atoms with Crippen molar-refractivity contribution in [1.82, 2.24) is 10.3 Å². The molecule has 2 rings (SSSR count). The molecular formula is C10H10N2O3. The van der Waals surface area contributed by atoms with Gasteiger partial charge in [-0.2, -0.15) is 0 Å². The standard InChI is InChI=1S/C10H10N2O3/c1-14-5-12-10(13)7-2-3-8-9(4-7)15-6-11-8/h2-4,6H,5H2,1H3,(H,12,13). The Bertz CT molecular complexity index is 478. The van der Waals surface area contributed by atoms with Gasteiger partial charge in [0.2, 0.25) is 0 Å². The fourth-order valence-electron chi connectivity index (χ4n) is 1.24. The highest BCUT2D eigenvalue weighted by atomic mass is 16.5. The second kappa shape index (κ2) is 4.10. The summed E-state index contributed by atoms with van der Waals surface area (Å²) in [4.78, 5) is 15.5. The number of oxazole rings is 1. The molecule has 0 aliphatic heterocycles. The summed E-state index contributed by atoms with van der Waals surface area (Å²) in [5.41, 5.74) is 1.86. The third kappa shape index (κ3) is 1.97. The summed E-state index contributed by atoms with van der Waals surface area (Å²) in [7, 11) is 1.51. The number of hydrogen-bond donors (Lipinski definition) is 1. The highest BCUT2D eigenvalue weighted by Crippen LogP contribution is 2.13. The first-order valence-corrected chi connectivity index (χ1v) is 4.41. The fourth-order valence-corrected chi connectivity index (χ4v) is 1.24. The van der Waals surface area contributed by atoms with Crippen LogP contribution in [-0.4, -0.2) is 24.7 Å². The maximum absolute atomic E-state index is 11.5. The van der Waals surface area contributed by atoms with Crippen molar-refractivity contribution < 1.29 is 13.9 Å². The third-order valence-corrected chi connectivity index (χ3v) is 1.97. The Morgan fingerprint density at radius 2 is 2.47 bits per heavy atom. The van der Waals surface area contributed by atoms with Gasteiger partial charge in [-0.15, -0.1) is 0 Å². The summed E-state index contributed by atoms with van der Waals surface area (Å²) in [5.74, 6) is -0.199. The van der Waals surface area contributed by atoms with Crippen molar-refractivity contribution in [2.75, 3.05) is 13.8 Å². The Morgan fingerprint density at radius 1 is 1.60 bits per heavy atom. The minimum absolute atomic E-state index is 0.188. The van der Waals surface area contributed by atoms with Crippen LogP contribution in [0.5, 0.6) is 0 Å². The number of fused-ring (bicyclic) bond motifs is 1. The number of nitrogens with zero attached hydrogens (tertiary/aromatic N) is 1. The van der Waals surface area contributed by atoms with Crippen LogP contribution in [0.1, 0.15) is 10.4 Å². The highest BCUT2D eigenvalue weighted by Gasteiger charge is 2.07. The maximum Gasteiger partial charge on any atom is 0.253 e. The molecule has 15 heavy (non-hydrogen) atoms. The van der Waals surface area contributed by atoms with Gasteiger partial charge in [0.25, 0.3) is 5.91 Å². The molecule has 1 heterocycles. The van der Waals surface area contributed by atoms with Crippen molar-refractivity contribution in [3.8, 4) is 0 Å². The zero-order valence-corrected chi connectivity index (χ0v) is 8.19. The van der Waals surface area contributed by atoms with E-state index in [1.54, 1.807) is 18.2 Å². The molecule has 0 fully saturated rings. The largest absolute Gasteiger partial charge is 0.443 e. The molecule has 1 N–H and O–H groups in total. The summed E-state index contributed by atoms with van der Waals surface area (Å²) in [6, 6.07) is 5.07. The molecule has 0 saturated carbocycles. The molecule has 0 spiro atoms. The van der Waals surface area contributed by atoms with E-state index in [1.807, 2.05) is 0 Å². The number of rotatable bonds is 3. The van der Waals surface area contributed by atoms with E-state index in [4.69, 9.17) is 9.15 Å². The van der Waals surface area contributed by atoms with Crippen LogP contribution < -0.4 is 5.32 Å². The number of amides is 1. The predicted octanol–water partition coefficient (Wildman–Crippen LogP) is 1.16. The molecule has 0 radical (unpaired) electrons. The van der Waals surface area contributed by atoms with Crippen molar-refractivity contribution in [2.24, 2.45) is 0 Å². The first-order chi connectivity index (χ1) is 7.31. The first kappa shape index (κ1) is 9.67. The van der Waals surface area contributed by atoms with Gasteiger partial charge in [0, 0.05) is 12.7 Å². The summed E-state index contributed by atoms with van der Waals surface area (Å²) >= 11 is 0. The lowest BCUT2D eigenvalue weighted by Crippen LogP contribution is -2.25. The Hall–Kier alpha value is -1.88. The molecule has 1 aromatic carbocycles. The van der Waals surface area contributed by atoms with Crippen LogP contribution in [-0.2, 0) is 4.74 Å². The second-order valence-electron chi connectivity index (χ2n) is 2.97. The molecule has 1 amide bonds. The second-order valence-corrected chi connectivity index (χ2v) is 2.97. The molecular weight excluding hydrogens is 196 g/mol. The van der Waals surface area contributed by atoms with Gasteiger partial charge in [0.05, 0.1) is 0 Å². The lowest BCUT2D eigenvalue weighted by Gasteiger charge is -2.02. The lowest BCUT2D eigenvalue weighted by atomic mass is 10.2. The van der Waals surface area contributed by atoms with Gasteiger partial charge in [0.15, 0.2) is 12.0 Å². The van der Waals surface area contributed by atoms with Crippen LogP contribution in [0.3, 0.4) is 0 Å².